The number of carbonyl (C=O) groups is 1. The fourth-order valence-corrected chi connectivity index (χ4v) is 2.32. The van der Waals surface area contributed by atoms with E-state index in [1.807, 2.05) is 4.90 Å². The van der Waals surface area contributed by atoms with Crippen LogP contribution >= 0.6 is 15.9 Å². The quantitative estimate of drug-likeness (QED) is 0.744. The van der Waals surface area contributed by atoms with E-state index in [1.54, 1.807) is 6.92 Å². The molecule has 1 aromatic heterocycles. The summed E-state index contributed by atoms with van der Waals surface area (Å²) in [5, 5.41) is 0. The van der Waals surface area contributed by atoms with Crippen molar-refractivity contribution in [2.24, 2.45) is 5.92 Å². The molecule has 4 nitrogen and oxygen atoms in total. The van der Waals surface area contributed by atoms with Crippen LogP contribution in [0.5, 0.6) is 0 Å². The van der Waals surface area contributed by atoms with E-state index in [1.165, 1.54) is 6.39 Å². The predicted octanol–water partition coefficient (Wildman–Crippen LogP) is 2.23. The van der Waals surface area contributed by atoms with E-state index in [9.17, 15) is 4.79 Å². The van der Waals surface area contributed by atoms with E-state index in [0.29, 0.717) is 22.2 Å². The Kier molecular flexibility index (Phi) is 3.33. The van der Waals surface area contributed by atoms with Crippen LogP contribution in [0.15, 0.2) is 10.8 Å². The van der Waals surface area contributed by atoms with Gasteiger partial charge in [-0.05, 0) is 19.3 Å². The van der Waals surface area contributed by atoms with Gasteiger partial charge in [0, 0.05) is 17.9 Å². The van der Waals surface area contributed by atoms with E-state index in [2.05, 4.69) is 27.8 Å². The maximum atomic E-state index is 12.1. The lowest BCUT2D eigenvalue weighted by Gasteiger charge is -2.33. The molecule has 1 aliphatic heterocycles. The van der Waals surface area contributed by atoms with E-state index in [-0.39, 0.29) is 5.91 Å². The number of piperidine rings is 1. The van der Waals surface area contributed by atoms with E-state index >= 15 is 0 Å². The number of hydrogen-bond acceptors (Lipinski definition) is 3. The number of rotatable bonds is 1. The van der Waals surface area contributed by atoms with Crippen LogP contribution in [0, 0.1) is 12.8 Å². The van der Waals surface area contributed by atoms with Gasteiger partial charge in [-0.2, -0.15) is 0 Å². The van der Waals surface area contributed by atoms with Crippen molar-refractivity contribution in [2.45, 2.75) is 25.1 Å². The molecule has 88 valence electrons. The molecule has 5 heteroatoms. The molecule has 0 bridgehead atoms. The van der Waals surface area contributed by atoms with Gasteiger partial charge < -0.3 is 9.32 Å². The van der Waals surface area contributed by atoms with Gasteiger partial charge >= 0.3 is 0 Å². The lowest BCUT2D eigenvalue weighted by Crippen LogP contribution is -2.43. The zero-order chi connectivity index (χ0) is 11.7. The number of hydrogen-bond donors (Lipinski definition) is 0. The van der Waals surface area contributed by atoms with Gasteiger partial charge in [0.15, 0.2) is 6.39 Å². The van der Waals surface area contributed by atoms with Gasteiger partial charge in [-0.15, -0.1) is 0 Å². The summed E-state index contributed by atoms with van der Waals surface area (Å²) in [6.07, 6.45) is 2.31. The fourth-order valence-electron chi connectivity index (χ4n) is 1.95. The van der Waals surface area contributed by atoms with Crippen molar-refractivity contribution in [3.8, 4) is 0 Å². The number of alkyl halides is 1. The van der Waals surface area contributed by atoms with Gasteiger partial charge in [-0.25, -0.2) is 4.98 Å². The zero-order valence-electron chi connectivity index (χ0n) is 9.44. The molecule has 0 spiro atoms. The first-order chi connectivity index (χ1) is 7.59. The van der Waals surface area contributed by atoms with E-state index < -0.39 is 0 Å². The Morgan fingerprint density at radius 2 is 2.44 bits per heavy atom. The average Bonchev–Trinajstić information content (AvgIpc) is 2.67. The number of oxazole rings is 1. The third kappa shape index (κ3) is 2.14. The van der Waals surface area contributed by atoms with Crippen molar-refractivity contribution in [1.82, 2.24) is 9.88 Å². The normalized spacial score (nSPS) is 25.8. The van der Waals surface area contributed by atoms with E-state index in [4.69, 9.17) is 4.42 Å². The van der Waals surface area contributed by atoms with Crippen molar-refractivity contribution >= 4 is 21.8 Å². The van der Waals surface area contributed by atoms with Gasteiger partial charge in [-0.1, -0.05) is 22.9 Å². The van der Waals surface area contributed by atoms with Crippen LogP contribution in [0.4, 0.5) is 0 Å². The average molecular weight is 287 g/mol. The van der Waals surface area contributed by atoms with Crippen LogP contribution in [0.2, 0.25) is 0 Å². The molecule has 2 unspecified atom stereocenters. The molecule has 1 aromatic rings. The molecular formula is C11H15BrN2O2. The molecule has 0 saturated carbocycles. The molecule has 1 amide bonds. The summed E-state index contributed by atoms with van der Waals surface area (Å²) in [4.78, 5) is 18.4. The third-order valence-corrected chi connectivity index (χ3v) is 4.39. The SMILES string of the molecule is Cc1ncoc1C(=O)N1CCC(Br)C(C)C1. The Bertz CT molecular complexity index is 391. The van der Waals surface area contributed by atoms with Crippen LogP contribution in [-0.2, 0) is 0 Å². The highest BCUT2D eigenvalue weighted by Gasteiger charge is 2.29. The van der Waals surface area contributed by atoms with Crippen LogP contribution < -0.4 is 0 Å². The maximum absolute atomic E-state index is 12.1. The summed E-state index contributed by atoms with van der Waals surface area (Å²) in [6, 6.07) is 0. The van der Waals surface area contributed by atoms with Crippen molar-refractivity contribution in [1.29, 1.82) is 0 Å². The summed E-state index contributed by atoms with van der Waals surface area (Å²) < 4.78 is 5.13. The maximum Gasteiger partial charge on any atom is 0.291 e. The van der Waals surface area contributed by atoms with Gasteiger partial charge in [0.05, 0.1) is 5.69 Å². The first-order valence-electron chi connectivity index (χ1n) is 5.43. The highest BCUT2D eigenvalue weighted by Crippen LogP contribution is 2.24. The molecule has 0 N–H and O–H groups in total. The summed E-state index contributed by atoms with van der Waals surface area (Å²) in [5.41, 5.74) is 0.665. The Balaban J connectivity index is 2.09. The first kappa shape index (κ1) is 11.6. The summed E-state index contributed by atoms with van der Waals surface area (Å²) in [7, 11) is 0. The largest absolute Gasteiger partial charge is 0.438 e. The minimum atomic E-state index is -0.0405. The van der Waals surface area contributed by atoms with Crippen molar-refractivity contribution < 1.29 is 9.21 Å². The van der Waals surface area contributed by atoms with Crippen LogP contribution in [-0.4, -0.2) is 33.7 Å². The Morgan fingerprint density at radius 3 is 3.00 bits per heavy atom. The second-order valence-corrected chi connectivity index (χ2v) is 5.48. The van der Waals surface area contributed by atoms with Crippen molar-refractivity contribution in [3.05, 3.63) is 17.8 Å². The third-order valence-electron chi connectivity index (χ3n) is 3.03. The lowest BCUT2D eigenvalue weighted by atomic mass is 10.00. The van der Waals surface area contributed by atoms with Crippen LogP contribution in [0.25, 0.3) is 0 Å². The molecular weight excluding hydrogens is 272 g/mol. The van der Waals surface area contributed by atoms with Crippen LogP contribution in [0.3, 0.4) is 0 Å². The molecule has 0 aliphatic carbocycles. The predicted molar refractivity (Wildman–Crippen MR) is 63.6 cm³/mol. The highest BCUT2D eigenvalue weighted by molar-refractivity contribution is 9.09. The molecule has 1 aliphatic rings. The number of carbonyl (C=O) groups excluding carboxylic acids is 1. The number of amides is 1. The van der Waals surface area contributed by atoms with Crippen LogP contribution in [0.1, 0.15) is 29.6 Å². The smallest absolute Gasteiger partial charge is 0.291 e. The molecule has 2 atom stereocenters. The fraction of sp³-hybridized carbons (Fsp3) is 0.636. The van der Waals surface area contributed by atoms with Gasteiger partial charge in [-0.3, -0.25) is 4.79 Å². The number of aromatic nitrogens is 1. The second kappa shape index (κ2) is 4.57. The zero-order valence-corrected chi connectivity index (χ0v) is 11.0. The number of halogens is 1. The van der Waals surface area contributed by atoms with Gasteiger partial charge in [0.1, 0.15) is 0 Å². The molecule has 0 radical (unpaired) electrons. The molecule has 2 rings (SSSR count). The van der Waals surface area contributed by atoms with E-state index in [0.717, 1.165) is 19.5 Å². The Morgan fingerprint density at radius 1 is 1.69 bits per heavy atom. The number of aryl methyl sites for hydroxylation is 1. The van der Waals surface area contributed by atoms with Gasteiger partial charge in [0.2, 0.25) is 5.76 Å². The summed E-state index contributed by atoms with van der Waals surface area (Å²) in [6.45, 7) is 5.48. The Labute approximate surface area is 103 Å². The Hall–Kier alpha value is -0.840. The second-order valence-electron chi connectivity index (χ2n) is 4.30. The highest BCUT2D eigenvalue weighted by atomic mass is 79.9. The first-order valence-corrected chi connectivity index (χ1v) is 6.34. The molecule has 2 heterocycles. The molecule has 0 aromatic carbocycles. The lowest BCUT2D eigenvalue weighted by molar-refractivity contribution is 0.0657. The topological polar surface area (TPSA) is 46.3 Å². The number of likely N-dealkylation sites (tertiary alicyclic amines) is 1. The standard InChI is InChI=1S/C11H15BrN2O2/c1-7-5-14(4-3-9(7)12)11(15)10-8(2)13-6-16-10/h6-7,9H,3-5H2,1-2H3. The minimum absolute atomic E-state index is 0.0405. The van der Waals surface area contributed by atoms with Gasteiger partial charge in [0.25, 0.3) is 5.91 Å². The van der Waals surface area contributed by atoms with Crippen molar-refractivity contribution in [3.63, 3.8) is 0 Å². The minimum Gasteiger partial charge on any atom is -0.438 e. The molecule has 1 fully saturated rings. The summed E-state index contributed by atoms with van der Waals surface area (Å²) >= 11 is 3.62. The molecule has 1 saturated heterocycles. The van der Waals surface area contributed by atoms with Crippen molar-refractivity contribution in [2.75, 3.05) is 13.1 Å². The monoisotopic (exact) mass is 286 g/mol. The number of nitrogens with zero attached hydrogens (tertiary/aromatic N) is 2. The summed E-state index contributed by atoms with van der Waals surface area (Å²) in [5.74, 6) is 0.808. The molecule has 16 heavy (non-hydrogen) atoms.